The van der Waals surface area contributed by atoms with Crippen molar-refractivity contribution in [3.05, 3.63) is 12.2 Å². The Hall–Kier alpha value is -1.30. The molecule has 0 bridgehead atoms. The third-order valence-corrected chi connectivity index (χ3v) is 9.17. The number of hydrogen-bond acceptors (Lipinski definition) is 3. The summed E-state index contributed by atoms with van der Waals surface area (Å²) in [7, 11) is 0. The lowest BCUT2D eigenvalue weighted by molar-refractivity contribution is -0.196. The third-order valence-electron chi connectivity index (χ3n) is 9.17. The van der Waals surface area contributed by atoms with Gasteiger partial charge in [-0.3, -0.25) is 4.79 Å². The molecule has 3 nitrogen and oxygen atoms in total. The number of nitriles is 1. The molecule has 2 saturated carbocycles. The second-order valence-electron chi connectivity index (χ2n) is 11.5. The molecule has 168 valence electrons. The van der Waals surface area contributed by atoms with E-state index in [1.165, 1.54) is 44.9 Å². The van der Waals surface area contributed by atoms with E-state index < -0.39 is 0 Å². The van der Waals surface area contributed by atoms with Crippen molar-refractivity contribution in [3.63, 3.8) is 0 Å². The molecule has 0 spiro atoms. The van der Waals surface area contributed by atoms with E-state index in [9.17, 15) is 4.79 Å². The number of carbonyl (C=O) groups excluding carboxylic acids is 1. The highest BCUT2D eigenvalue weighted by Crippen LogP contribution is 2.64. The van der Waals surface area contributed by atoms with Gasteiger partial charge in [-0.1, -0.05) is 53.0 Å². The molecule has 3 fully saturated rings. The van der Waals surface area contributed by atoms with Gasteiger partial charge in [0.25, 0.3) is 0 Å². The number of nitrogens with zero attached hydrogens (tertiary/aromatic N) is 1. The number of carbonyl (C=O) groups is 1. The van der Waals surface area contributed by atoms with E-state index in [2.05, 4.69) is 40.7 Å². The van der Waals surface area contributed by atoms with Gasteiger partial charge in [0.1, 0.15) is 5.60 Å². The smallest absolute Gasteiger partial charge is 0.306 e. The molecule has 3 aliphatic rings. The van der Waals surface area contributed by atoms with Crippen molar-refractivity contribution in [1.82, 2.24) is 0 Å². The Kier molecular flexibility index (Phi) is 7.36. The Morgan fingerprint density at radius 2 is 1.93 bits per heavy atom. The summed E-state index contributed by atoms with van der Waals surface area (Å²) in [4.78, 5) is 12.6. The Morgan fingerprint density at radius 1 is 1.17 bits per heavy atom. The van der Waals surface area contributed by atoms with Crippen LogP contribution in [0.4, 0.5) is 0 Å². The Morgan fingerprint density at radius 3 is 2.63 bits per heavy atom. The van der Waals surface area contributed by atoms with Crippen molar-refractivity contribution in [2.45, 2.75) is 104 Å². The number of ether oxygens (including phenoxy) is 1. The fraction of sp³-hybridized carbons (Fsp3) is 0.852. The minimum atomic E-state index is -0.373. The monoisotopic (exact) mass is 413 g/mol. The maximum atomic E-state index is 12.6. The first-order chi connectivity index (χ1) is 14.2. The maximum Gasteiger partial charge on any atom is 0.306 e. The lowest BCUT2D eigenvalue weighted by atomic mass is 9.52. The van der Waals surface area contributed by atoms with Crippen molar-refractivity contribution in [3.8, 4) is 6.07 Å². The summed E-state index contributed by atoms with van der Waals surface area (Å²) < 4.78 is 6.00. The van der Waals surface area contributed by atoms with Gasteiger partial charge >= 0.3 is 5.97 Å². The third kappa shape index (κ3) is 4.63. The molecule has 0 aromatic heterocycles. The molecular formula is C27H43NO2. The van der Waals surface area contributed by atoms with E-state index in [4.69, 9.17) is 10.00 Å². The molecular weight excluding hydrogens is 370 g/mol. The van der Waals surface area contributed by atoms with Crippen molar-refractivity contribution in [1.29, 1.82) is 5.26 Å². The minimum Gasteiger partial charge on any atom is -0.459 e. The summed E-state index contributed by atoms with van der Waals surface area (Å²) in [5, 5.41) is 8.76. The van der Waals surface area contributed by atoms with Crippen molar-refractivity contribution >= 4 is 5.97 Å². The van der Waals surface area contributed by atoms with Crippen LogP contribution in [0.15, 0.2) is 12.2 Å². The molecule has 0 radical (unpaired) electrons. The van der Waals surface area contributed by atoms with Crippen LogP contribution in [0.2, 0.25) is 0 Å². The second kappa shape index (κ2) is 9.46. The molecule has 1 heterocycles. The SMILES string of the molecule is CC(C)CCCC(C)[C@H]1CCC2[C@@H]3CC(=O)O[C@](C)(CCC=CC#N)[C@H]3CC[C@@]21C. The average molecular weight is 414 g/mol. The highest BCUT2D eigenvalue weighted by atomic mass is 16.6. The van der Waals surface area contributed by atoms with Gasteiger partial charge in [-0.05, 0) is 80.5 Å². The van der Waals surface area contributed by atoms with Crippen molar-refractivity contribution in [2.75, 3.05) is 0 Å². The number of fused-ring (bicyclic) bond motifs is 3. The highest BCUT2D eigenvalue weighted by molar-refractivity contribution is 5.71. The fourth-order valence-electron chi connectivity index (χ4n) is 7.67. The van der Waals surface area contributed by atoms with Gasteiger partial charge in [0, 0.05) is 18.4 Å². The van der Waals surface area contributed by atoms with E-state index in [1.807, 2.05) is 6.08 Å². The van der Waals surface area contributed by atoms with Crippen molar-refractivity contribution < 1.29 is 9.53 Å². The standard InChI is InChI=1S/C27H43NO2/c1-19(2)10-9-11-20(3)22-12-13-23-21-18-25(29)30-27(5,15-7-6-8-17-28)24(21)14-16-26(22,23)4/h6,8,19-24H,7,9-16,18H2,1-5H3/t20?,21-,22+,23?,24-,26+,27+/m0/s1. The van der Waals surface area contributed by atoms with E-state index in [1.54, 1.807) is 6.08 Å². The van der Waals surface area contributed by atoms with Crippen LogP contribution in [-0.2, 0) is 9.53 Å². The number of rotatable bonds is 8. The molecule has 0 amide bonds. The Balaban J connectivity index is 1.72. The van der Waals surface area contributed by atoms with E-state index in [-0.39, 0.29) is 11.6 Å². The molecule has 2 unspecified atom stereocenters. The number of allylic oxidation sites excluding steroid dienone is 2. The van der Waals surface area contributed by atoms with Crippen LogP contribution in [0.25, 0.3) is 0 Å². The van der Waals surface area contributed by atoms with Crippen LogP contribution < -0.4 is 0 Å². The number of cyclic esters (lactones) is 1. The summed E-state index contributed by atoms with van der Waals surface area (Å²) in [6.07, 6.45) is 14.8. The van der Waals surface area contributed by atoms with E-state index >= 15 is 0 Å². The Bertz CT molecular complexity index is 677. The lowest BCUT2D eigenvalue weighted by Crippen LogP contribution is -2.55. The summed E-state index contributed by atoms with van der Waals surface area (Å²) in [5.41, 5.74) is 0.0136. The molecule has 7 atom stereocenters. The molecule has 3 heteroatoms. The van der Waals surface area contributed by atoms with Crippen LogP contribution in [0.3, 0.4) is 0 Å². The molecule has 1 saturated heterocycles. The molecule has 1 aliphatic heterocycles. The zero-order valence-electron chi connectivity index (χ0n) is 20.0. The highest BCUT2D eigenvalue weighted by Gasteiger charge is 2.60. The van der Waals surface area contributed by atoms with Crippen molar-refractivity contribution in [2.24, 2.45) is 40.9 Å². The summed E-state index contributed by atoms with van der Waals surface area (Å²) in [6.45, 7) is 11.9. The van der Waals surface area contributed by atoms with E-state index in [0.717, 1.165) is 30.6 Å². The molecule has 0 aromatic carbocycles. The molecule has 0 N–H and O–H groups in total. The van der Waals surface area contributed by atoms with Crippen LogP contribution in [-0.4, -0.2) is 11.6 Å². The average Bonchev–Trinajstić information content (AvgIpc) is 3.02. The van der Waals surface area contributed by atoms with Gasteiger partial charge in [0.15, 0.2) is 0 Å². The largest absolute Gasteiger partial charge is 0.459 e. The second-order valence-corrected chi connectivity index (χ2v) is 11.5. The molecule has 30 heavy (non-hydrogen) atoms. The number of hydrogen-bond donors (Lipinski definition) is 0. The molecule has 3 rings (SSSR count). The Labute approximate surface area is 184 Å². The van der Waals surface area contributed by atoms with Gasteiger partial charge in [-0.15, -0.1) is 0 Å². The van der Waals surface area contributed by atoms with Crippen LogP contribution >= 0.6 is 0 Å². The first-order valence-electron chi connectivity index (χ1n) is 12.5. The number of esters is 1. The topological polar surface area (TPSA) is 50.1 Å². The van der Waals surface area contributed by atoms with Gasteiger partial charge in [-0.2, -0.15) is 5.26 Å². The predicted octanol–water partition coefficient (Wildman–Crippen LogP) is 7.07. The van der Waals surface area contributed by atoms with Crippen LogP contribution in [0.1, 0.15) is 98.8 Å². The lowest BCUT2D eigenvalue weighted by Gasteiger charge is -2.56. The van der Waals surface area contributed by atoms with Gasteiger partial charge < -0.3 is 4.74 Å². The normalized spacial score (nSPS) is 39.4. The maximum absolute atomic E-state index is 12.6. The first kappa shape index (κ1) is 23.4. The zero-order valence-corrected chi connectivity index (χ0v) is 20.0. The zero-order chi connectivity index (χ0) is 21.9. The molecule has 2 aliphatic carbocycles. The van der Waals surface area contributed by atoms with Crippen LogP contribution in [0.5, 0.6) is 0 Å². The van der Waals surface area contributed by atoms with E-state index in [0.29, 0.717) is 29.6 Å². The minimum absolute atomic E-state index is 0.000643. The summed E-state index contributed by atoms with van der Waals surface area (Å²) >= 11 is 0. The van der Waals surface area contributed by atoms with Gasteiger partial charge in [-0.25, -0.2) is 0 Å². The predicted molar refractivity (Wildman–Crippen MR) is 121 cm³/mol. The molecule has 0 aromatic rings. The summed E-state index contributed by atoms with van der Waals surface area (Å²) in [5.74, 6) is 4.00. The first-order valence-corrected chi connectivity index (χ1v) is 12.5. The summed E-state index contributed by atoms with van der Waals surface area (Å²) in [6, 6.07) is 2.07. The van der Waals surface area contributed by atoms with Gasteiger partial charge in [0.05, 0.1) is 6.07 Å². The fourth-order valence-corrected chi connectivity index (χ4v) is 7.67. The quantitative estimate of drug-likeness (QED) is 0.316. The van der Waals surface area contributed by atoms with Gasteiger partial charge in [0.2, 0.25) is 0 Å². The van der Waals surface area contributed by atoms with Crippen LogP contribution in [0, 0.1) is 52.3 Å².